The van der Waals surface area contributed by atoms with Gasteiger partial charge in [-0.3, -0.25) is 4.79 Å². The van der Waals surface area contributed by atoms with E-state index >= 15 is 0 Å². The number of hydrogen-bond acceptors (Lipinski definition) is 2. The van der Waals surface area contributed by atoms with Crippen molar-refractivity contribution >= 4 is 5.91 Å². The summed E-state index contributed by atoms with van der Waals surface area (Å²) in [5.41, 5.74) is -0.0237. The minimum atomic E-state index is -0.179. The molecule has 0 aromatic heterocycles. The maximum Gasteiger partial charge on any atom is 0.227 e. The van der Waals surface area contributed by atoms with Crippen molar-refractivity contribution in [3.8, 4) is 6.07 Å². The molecule has 3 fully saturated rings. The second-order valence-corrected chi connectivity index (χ2v) is 6.56. The zero-order valence-electron chi connectivity index (χ0n) is 11.6. The fourth-order valence-corrected chi connectivity index (χ4v) is 4.21. The standard InChI is InChI=1S/C16H22N2O/c1-3-16(6-4-5-7-16)11(2)15(19)18-13(10-17)8-12-9-14(12)18/h3,11-14H,1,4-9H2,2H3/t11-,12?,13?,14?/m1/s1. The van der Waals surface area contributed by atoms with Gasteiger partial charge in [0, 0.05) is 12.0 Å². The Bertz CT molecular complexity index is 444. The van der Waals surface area contributed by atoms with Crippen LogP contribution in [0.3, 0.4) is 0 Å². The third-order valence-corrected chi connectivity index (χ3v) is 5.68. The Labute approximate surface area is 115 Å². The summed E-state index contributed by atoms with van der Waals surface area (Å²) in [4.78, 5) is 14.7. The molecule has 0 bridgehead atoms. The number of amides is 1. The number of likely N-dealkylation sites (tertiary alicyclic amines) is 1. The van der Waals surface area contributed by atoms with Gasteiger partial charge < -0.3 is 4.90 Å². The molecule has 0 N–H and O–H groups in total. The van der Waals surface area contributed by atoms with E-state index < -0.39 is 0 Å². The Morgan fingerprint density at radius 2 is 2.16 bits per heavy atom. The summed E-state index contributed by atoms with van der Waals surface area (Å²) < 4.78 is 0. The van der Waals surface area contributed by atoms with E-state index in [1.807, 2.05) is 17.9 Å². The van der Waals surface area contributed by atoms with Crippen molar-refractivity contribution in [2.45, 2.75) is 57.5 Å². The molecule has 3 unspecified atom stereocenters. The summed E-state index contributed by atoms with van der Waals surface area (Å²) in [6.07, 6.45) is 8.53. The molecule has 3 aliphatic rings. The van der Waals surface area contributed by atoms with Crippen molar-refractivity contribution < 1.29 is 4.79 Å². The van der Waals surface area contributed by atoms with Crippen molar-refractivity contribution in [3.63, 3.8) is 0 Å². The van der Waals surface area contributed by atoms with Gasteiger partial charge in [0.25, 0.3) is 0 Å². The maximum atomic E-state index is 12.8. The lowest BCUT2D eigenvalue weighted by Crippen LogP contribution is -2.45. The number of rotatable bonds is 3. The van der Waals surface area contributed by atoms with Gasteiger partial charge >= 0.3 is 0 Å². The molecule has 3 heteroatoms. The van der Waals surface area contributed by atoms with Crippen LogP contribution in [0.1, 0.15) is 45.4 Å². The highest BCUT2D eigenvalue weighted by Gasteiger charge is 2.56. The number of allylic oxidation sites excluding steroid dienone is 1. The first-order valence-corrected chi connectivity index (χ1v) is 7.48. The van der Waals surface area contributed by atoms with Crippen LogP contribution >= 0.6 is 0 Å². The maximum absolute atomic E-state index is 12.8. The molecule has 1 saturated heterocycles. The normalized spacial score (nSPS) is 36.4. The molecule has 0 aromatic rings. The first kappa shape index (κ1) is 12.7. The minimum Gasteiger partial charge on any atom is -0.323 e. The van der Waals surface area contributed by atoms with Gasteiger partial charge in [0.15, 0.2) is 0 Å². The molecule has 0 aromatic carbocycles. The van der Waals surface area contributed by atoms with Gasteiger partial charge in [-0.25, -0.2) is 0 Å². The topological polar surface area (TPSA) is 44.1 Å². The first-order valence-electron chi connectivity index (χ1n) is 7.48. The molecule has 1 aliphatic heterocycles. The predicted octanol–water partition coefficient (Wildman–Crippen LogP) is 2.88. The van der Waals surface area contributed by atoms with Crippen LogP contribution in [0.15, 0.2) is 12.7 Å². The highest BCUT2D eigenvalue weighted by Crippen LogP contribution is 2.51. The van der Waals surface area contributed by atoms with Crippen LogP contribution in [0.2, 0.25) is 0 Å². The van der Waals surface area contributed by atoms with Gasteiger partial charge in [-0.05, 0) is 37.0 Å². The summed E-state index contributed by atoms with van der Waals surface area (Å²) in [5.74, 6) is 0.769. The third-order valence-electron chi connectivity index (χ3n) is 5.68. The minimum absolute atomic E-state index is 0.0237. The van der Waals surface area contributed by atoms with E-state index in [1.165, 1.54) is 12.8 Å². The SMILES string of the molecule is C=CC1([C@H](C)C(=O)N2C(C#N)CC3CC32)CCCC1. The fraction of sp³-hybridized carbons (Fsp3) is 0.750. The lowest BCUT2D eigenvalue weighted by molar-refractivity contribution is -0.139. The Balaban J connectivity index is 1.80. The Morgan fingerprint density at radius 3 is 2.74 bits per heavy atom. The highest BCUT2D eigenvalue weighted by molar-refractivity contribution is 5.81. The van der Waals surface area contributed by atoms with E-state index in [1.54, 1.807) is 0 Å². The van der Waals surface area contributed by atoms with Crippen molar-refractivity contribution in [1.82, 2.24) is 4.90 Å². The first-order chi connectivity index (χ1) is 9.13. The Hall–Kier alpha value is -1.30. The highest BCUT2D eigenvalue weighted by atomic mass is 16.2. The molecule has 2 saturated carbocycles. The molecular weight excluding hydrogens is 236 g/mol. The average molecular weight is 258 g/mol. The monoisotopic (exact) mass is 258 g/mol. The van der Waals surface area contributed by atoms with Crippen LogP contribution in [-0.4, -0.2) is 22.9 Å². The number of nitrogens with zero attached hydrogens (tertiary/aromatic N) is 2. The molecule has 2 aliphatic carbocycles. The van der Waals surface area contributed by atoms with Gasteiger partial charge in [0.05, 0.1) is 6.07 Å². The average Bonchev–Trinajstić information content (AvgIpc) is 2.91. The van der Waals surface area contributed by atoms with Crippen molar-refractivity contribution in [2.24, 2.45) is 17.3 Å². The summed E-state index contributed by atoms with van der Waals surface area (Å²) in [7, 11) is 0. The number of carbonyl (C=O) groups is 1. The quantitative estimate of drug-likeness (QED) is 0.731. The smallest absolute Gasteiger partial charge is 0.227 e. The second-order valence-electron chi connectivity index (χ2n) is 6.56. The lowest BCUT2D eigenvalue weighted by Gasteiger charge is -2.35. The van der Waals surface area contributed by atoms with Crippen LogP contribution in [-0.2, 0) is 4.79 Å². The number of piperidine rings is 1. The van der Waals surface area contributed by atoms with Gasteiger partial charge in [0.1, 0.15) is 6.04 Å². The van der Waals surface area contributed by atoms with Gasteiger partial charge in [-0.1, -0.05) is 25.8 Å². The summed E-state index contributed by atoms with van der Waals surface area (Å²) in [5, 5.41) is 9.23. The molecule has 19 heavy (non-hydrogen) atoms. The summed E-state index contributed by atoms with van der Waals surface area (Å²) in [6.45, 7) is 6.02. The van der Waals surface area contributed by atoms with Crippen molar-refractivity contribution in [1.29, 1.82) is 5.26 Å². The van der Waals surface area contributed by atoms with Gasteiger partial charge in [0.2, 0.25) is 5.91 Å². The number of carbonyl (C=O) groups excluding carboxylic acids is 1. The molecule has 1 amide bonds. The van der Waals surface area contributed by atoms with Crippen molar-refractivity contribution in [3.05, 3.63) is 12.7 Å². The molecule has 0 radical (unpaired) electrons. The number of nitriles is 1. The van der Waals surface area contributed by atoms with E-state index in [9.17, 15) is 10.1 Å². The van der Waals surface area contributed by atoms with Crippen molar-refractivity contribution in [2.75, 3.05) is 0 Å². The second kappa shape index (κ2) is 4.37. The van der Waals surface area contributed by atoms with Crippen LogP contribution in [0.4, 0.5) is 0 Å². The predicted molar refractivity (Wildman–Crippen MR) is 73.0 cm³/mol. The number of hydrogen-bond donors (Lipinski definition) is 0. The molecule has 1 heterocycles. The summed E-state index contributed by atoms with van der Waals surface area (Å²) in [6, 6.07) is 2.50. The molecule has 3 nitrogen and oxygen atoms in total. The summed E-state index contributed by atoms with van der Waals surface area (Å²) >= 11 is 0. The van der Waals surface area contributed by atoms with E-state index in [2.05, 4.69) is 12.6 Å². The molecular formula is C16H22N2O. The van der Waals surface area contributed by atoms with Gasteiger partial charge in [-0.2, -0.15) is 5.26 Å². The van der Waals surface area contributed by atoms with Crippen LogP contribution in [0.25, 0.3) is 0 Å². The number of fused-ring (bicyclic) bond motifs is 1. The van der Waals surface area contributed by atoms with E-state index in [-0.39, 0.29) is 23.3 Å². The van der Waals surface area contributed by atoms with Crippen LogP contribution in [0.5, 0.6) is 0 Å². The Kier molecular flexibility index (Phi) is 2.92. The fourth-order valence-electron chi connectivity index (χ4n) is 4.21. The zero-order valence-corrected chi connectivity index (χ0v) is 11.6. The Morgan fingerprint density at radius 1 is 1.47 bits per heavy atom. The van der Waals surface area contributed by atoms with Crippen LogP contribution in [0, 0.1) is 28.6 Å². The third kappa shape index (κ3) is 1.81. The van der Waals surface area contributed by atoms with E-state index in [0.29, 0.717) is 12.0 Å². The largest absolute Gasteiger partial charge is 0.323 e. The van der Waals surface area contributed by atoms with E-state index in [4.69, 9.17) is 0 Å². The lowest BCUT2D eigenvalue weighted by atomic mass is 9.74. The van der Waals surface area contributed by atoms with Gasteiger partial charge in [-0.15, -0.1) is 6.58 Å². The molecule has 0 spiro atoms. The van der Waals surface area contributed by atoms with Crippen LogP contribution < -0.4 is 0 Å². The molecule has 3 rings (SSSR count). The molecule has 102 valence electrons. The molecule has 4 atom stereocenters. The zero-order chi connectivity index (χ0) is 13.6. The van der Waals surface area contributed by atoms with E-state index in [0.717, 1.165) is 25.7 Å².